The van der Waals surface area contributed by atoms with Crippen molar-refractivity contribution in [3.8, 4) is 5.75 Å². The molecule has 2 aliphatic heterocycles. The molecule has 2 heterocycles. The zero-order valence-corrected chi connectivity index (χ0v) is 14.2. The maximum atomic E-state index is 12.5. The maximum Gasteiger partial charge on any atom is 0.387 e. The summed E-state index contributed by atoms with van der Waals surface area (Å²) in [5.74, 6) is -0.0681. The standard InChI is InChI=1S/C16H15F2NO3S2/c17-15(18)22-11-5-3-10(4-6-11)8-13-14(20)19(16(23)24-13)9-12-2-1-7-21-12/h3-6,8,12,15H,1-2,7,9H2/b13-8+/t12-/m1/s1. The topological polar surface area (TPSA) is 38.8 Å². The van der Waals surface area contributed by atoms with Crippen LogP contribution in [0.1, 0.15) is 18.4 Å². The first-order valence-electron chi connectivity index (χ1n) is 7.45. The lowest BCUT2D eigenvalue weighted by Crippen LogP contribution is -2.35. The lowest BCUT2D eigenvalue weighted by atomic mass is 10.2. The van der Waals surface area contributed by atoms with Crippen molar-refractivity contribution in [3.05, 3.63) is 34.7 Å². The van der Waals surface area contributed by atoms with Crippen LogP contribution in [0, 0.1) is 0 Å². The molecule has 0 N–H and O–H groups in total. The van der Waals surface area contributed by atoms with E-state index in [1.54, 1.807) is 23.1 Å². The third kappa shape index (κ3) is 4.12. The van der Waals surface area contributed by atoms with Crippen LogP contribution in [-0.2, 0) is 9.53 Å². The molecule has 3 rings (SSSR count). The molecule has 1 aromatic rings. The van der Waals surface area contributed by atoms with Gasteiger partial charge in [0.15, 0.2) is 0 Å². The van der Waals surface area contributed by atoms with E-state index in [2.05, 4.69) is 4.74 Å². The number of alkyl halides is 2. The van der Waals surface area contributed by atoms with Crippen LogP contribution in [0.4, 0.5) is 8.78 Å². The highest BCUT2D eigenvalue weighted by Crippen LogP contribution is 2.33. The van der Waals surface area contributed by atoms with Crippen molar-refractivity contribution in [3.63, 3.8) is 0 Å². The monoisotopic (exact) mass is 371 g/mol. The van der Waals surface area contributed by atoms with E-state index in [4.69, 9.17) is 17.0 Å². The second-order valence-electron chi connectivity index (χ2n) is 5.37. The summed E-state index contributed by atoms with van der Waals surface area (Å²) < 4.78 is 34.6. The minimum atomic E-state index is -2.86. The number of halogens is 2. The average Bonchev–Trinajstić information content (AvgIpc) is 3.13. The SMILES string of the molecule is O=C1/C(=C\c2ccc(OC(F)F)cc2)SC(=S)N1C[C@H]1CCCO1. The van der Waals surface area contributed by atoms with Gasteiger partial charge in [0.05, 0.1) is 17.6 Å². The van der Waals surface area contributed by atoms with Crippen molar-refractivity contribution < 1.29 is 23.0 Å². The van der Waals surface area contributed by atoms with Gasteiger partial charge in [-0.25, -0.2) is 0 Å². The number of ether oxygens (including phenoxy) is 2. The van der Waals surface area contributed by atoms with Crippen LogP contribution >= 0.6 is 24.0 Å². The summed E-state index contributed by atoms with van der Waals surface area (Å²) in [6, 6.07) is 6.10. The Balaban J connectivity index is 1.68. The Morgan fingerprint density at radius 2 is 2.17 bits per heavy atom. The number of thiocarbonyl (C=S) groups is 1. The van der Waals surface area contributed by atoms with Crippen LogP contribution in [-0.4, -0.2) is 41.0 Å². The second kappa shape index (κ2) is 7.58. The molecule has 1 amide bonds. The van der Waals surface area contributed by atoms with E-state index < -0.39 is 6.61 Å². The fraction of sp³-hybridized carbons (Fsp3) is 0.375. The first kappa shape index (κ1) is 17.3. The molecule has 0 saturated carbocycles. The molecule has 0 aliphatic carbocycles. The van der Waals surface area contributed by atoms with Gasteiger partial charge in [0.2, 0.25) is 0 Å². The van der Waals surface area contributed by atoms with Crippen molar-refractivity contribution in [1.29, 1.82) is 0 Å². The van der Waals surface area contributed by atoms with E-state index in [0.717, 1.165) is 19.4 Å². The molecule has 4 nitrogen and oxygen atoms in total. The highest BCUT2D eigenvalue weighted by Gasteiger charge is 2.34. The first-order valence-corrected chi connectivity index (χ1v) is 8.67. The van der Waals surface area contributed by atoms with E-state index in [1.807, 2.05) is 0 Å². The van der Waals surface area contributed by atoms with Crippen LogP contribution in [0.15, 0.2) is 29.2 Å². The van der Waals surface area contributed by atoms with Crippen LogP contribution in [0.5, 0.6) is 5.75 Å². The summed E-state index contributed by atoms with van der Waals surface area (Å²) in [5, 5.41) is 0. The molecule has 2 aliphatic rings. The Labute approximate surface area is 147 Å². The zero-order chi connectivity index (χ0) is 17.1. The predicted molar refractivity (Wildman–Crippen MR) is 91.9 cm³/mol. The molecule has 8 heteroatoms. The van der Waals surface area contributed by atoms with Gasteiger partial charge in [0.1, 0.15) is 10.1 Å². The summed E-state index contributed by atoms with van der Waals surface area (Å²) in [7, 11) is 0. The van der Waals surface area contributed by atoms with Crippen LogP contribution < -0.4 is 4.74 Å². The third-order valence-electron chi connectivity index (χ3n) is 3.69. The molecule has 0 bridgehead atoms. The average molecular weight is 371 g/mol. The molecule has 128 valence electrons. The number of benzene rings is 1. The molecule has 1 aromatic carbocycles. The summed E-state index contributed by atoms with van der Waals surface area (Å²) in [4.78, 5) is 14.6. The number of thioether (sulfide) groups is 1. The van der Waals surface area contributed by atoms with Gasteiger partial charge in [0.25, 0.3) is 5.91 Å². The highest BCUT2D eigenvalue weighted by atomic mass is 32.2. The number of rotatable bonds is 5. The number of hydrogen-bond acceptors (Lipinski definition) is 5. The molecule has 0 spiro atoms. The quantitative estimate of drug-likeness (QED) is 0.583. The van der Waals surface area contributed by atoms with E-state index in [0.29, 0.717) is 21.3 Å². The largest absolute Gasteiger partial charge is 0.435 e. The van der Waals surface area contributed by atoms with E-state index in [-0.39, 0.29) is 17.8 Å². The number of carbonyl (C=O) groups excluding carboxylic acids is 1. The zero-order valence-electron chi connectivity index (χ0n) is 12.6. The van der Waals surface area contributed by atoms with E-state index >= 15 is 0 Å². The molecule has 2 fully saturated rings. The molecule has 0 radical (unpaired) electrons. The van der Waals surface area contributed by atoms with Crippen LogP contribution in [0.2, 0.25) is 0 Å². The van der Waals surface area contributed by atoms with Crippen molar-refractivity contribution in [2.75, 3.05) is 13.2 Å². The van der Waals surface area contributed by atoms with Crippen LogP contribution in [0.3, 0.4) is 0 Å². The number of nitrogens with zero attached hydrogens (tertiary/aromatic N) is 1. The summed E-state index contributed by atoms with van der Waals surface area (Å²) in [6.07, 6.45) is 3.67. The molecule has 1 atom stereocenters. The van der Waals surface area contributed by atoms with Crippen LogP contribution in [0.25, 0.3) is 6.08 Å². The maximum absolute atomic E-state index is 12.5. The van der Waals surface area contributed by atoms with Gasteiger partial charge in [-0.1, -0.05) is 36.1 Å². The molecule has 0 aromatic heterocycles. The Kier molecular flexibility index (Phi) is 5.47. The van der Waals surface area contributed by atoms with Gasteiger partial charge in [-0.05, 0) is 36.6 Å². The fourth-order valence-corrected chi connectivity index (χ4v) is 3.82. The van der Waals surface area contributed by atoms with Crippen molar-refractivity contribution in [2.45, 2.75) is 25.6 Å². The summed E-state index contributed by atoms with van der Waals surface area (Å²) in [6.45, 7) is -1.66. The van der Waals surface area contributed by atoms with Crippen molar-refractivity contribution in [2.24, 2.45) is 0 Å². The van der Waals surface area contributed by atoms with E-state index in [1.165, 1.54) is 23.9 Å². The second-order valence-corrected chi connectivity index (χ2v) is 7.05. The molecular weight excluding hydrogens is 356 g/mol. The Morgan fingerprint density at radius 1 is 1.42 bits per heavy atom. The highest BCUT2D eigenvalue weighted by molar-refractivity contribution is 8.26. The molecule has 2 saturated heterocycles. The Bertz CT molecular complexity index is 658. The summed E-state index contributed by atoms with van der Waals surface area (Å²) in [5.41, 5.74) is 0.717. The first-order chi connectivity index (χ1) is 11.5. The van der Waals surface area contributed by atoms with Crippen molar-refractivity contribution in [1.82, 2.24) is 4.90 Å². The number of amides is 1. The Morgan fingerprint density at radius 3 is 2.79 bits per heavy atom. The lowest BCUT2D eigenvalue weighted by molar-refractivity contribution is -0.123. The Hall–Kier alpha value is -1.51. The minimum Gasteiger partial charge on any atom is -0.435 e. The van der Waals surface area contributed by atoms with E-state index in [9.17, 15) is 13.6 Å². The lowest BCUT2D eigenvalue weighted by Gasteiger charge is -2.18. The third-order valence-corrected chi connectivity index (χ3v) is 5.06. The molecular formula is C16H15F2NO3S2. The smallest absolute Gasteiger partial charge is 0.387 e. The van der Waals surface area contributed by atoms with Gasteiger partial charge in [-0.15, -0.1) is 0 Å². The van der Waals surface area contributed by atoms with Gasteiger partial charge in [0, 0.05) is 6.61 Å². The minimum absolute atomic E-state index is 0.0395. The predicted octanol–water partition coefficient (Wildman–Crippen LogP) is 3.67. The van der Waals surface area contributed by atoms with Gasteiger partial charge in [-0.2, -0.15) is 8.78 Å². The summed E-state index contributed by atoms with van der Waals surface area (Å²) >= 11 is 6.52. The molecule has 24 heavy (non-hydrogen) atoms. The normalized spacial score (nSPS) is 22.9. The van der Waals surface area contributed by atoms with Gasteiger partial charge < -0.3 is 9.47 Å². The molecule has 0 unspecified atom stereocenters. The van der Waals surface area contributed by atoms with Crippen molar-refractivity contribution >= 4 is 40.3 Å². The van der Waals surface area contributed by atoms with Gasteiger partial charge >= 0.3 is 6.61 Å². The van der Waals surface area contributed by atoms with Gasteiger partial charge in [-0.3, -0.25) is 9.69 Å². The number of hydrogen-bond donors (Lipinski definition) is 0. The fourth-order valence-electron chi connectivity index (χ4n) is 2.55. The number of carbonyl (C=O) groups is 1.